The number of imide groups is 1. The number of aryl methyl sites for hydroxylation is 1. The van der Waals surface area contributed by atoms with Gasteiger partial charge in [-0.05, 0) is 19.1 Å². The van der Waals surface area contributed by atoms with Gasteiger partial charge < -0.3 is 0 Å². The number of anilines is 1. The number of rotatable bonds is 1. The lowest BCUT2D eigenvalue weighted by Crippen LogP contribution is -2.31. The molecule has 5 heteroatoms. The number of carbonyl (C=O) groups is 2. The molecule has 0 unspecified atom stereocenters. The van der Waals surface area contributed by atoms with E-state index >= 15 is 0 Å². The second-order valence-corrected chi connectivity index (χ2v) is 4.01. The summed E-state index contributed by atoms with van der Waals surface area (Å²) < 4.78 is 0. The Hall–Kier alpha value is -1.75. The van der Waals surface area contributed by atoms with Crippen LogP contribution in [0, 0.1) is 6.92 Å². The maximum absolute atomic E-state index is 11.8. The van der Waals surface area contributed by atoms with Crippen LogP contribution in [0.2, 0.25) is 0 Å². The molecule has 1 aromatic carbocycles. The minimum atomic E-state index is -0.439. The largest absolute Gasteiger partial charge is 0.336 e. The van der Waals surface area contributed by atoms with Crippen LogP contribution in [0.15, 0.2) is 24.3 Å². The zero-order chi connectivity index (χ0) is 11.9. The molecule has 1 heterocycles. The van der Waals surface area contributed by atoms with Gasteiger partial charge in [-0.2, -0.15) is 0 Å². The molecule has 1 aliphatic rings. The number of likely N-dealkylation sites (N-methyl/N-ethyl adjacent to an activating group) is 1. The summed E-state index contributed by atoms with van der Waals surface area (Å²) in [6.07, 6.45) is 0. The first-order chi connectivity index (χ1) is 7.52. The quantitative estimate of drug-likeness (QED) is 0.548. The van der Waals surface area contributed by atoms with Crippen LogP contribution < -0.4 is 4.90 Å². The van der Waals surface area contributed by atoms with Gasteiger partial charge in [0.1, 0.15) is 0 Å². The van der Waals surface area contributed by atoms with Crippen LogP contribution in [0.5, 0.6) is 0 Å². The van der Waals surface area contributed by atoms with Crippen molar-refractivity contribution >= 4 is 34.8 Å². The molecule has 0 bridgehead atoms. The van der Waals surface area contributed by atoms with Crippen molar-refractivity contribution in [3.05, 3.63) is 29.8 Å². The van der Waals surface area contributed by atoms with Gasteiger partial charge in [-0.1, -0.05) is 29.9 Å². The Kier molecular flexibility index (Phi) is 2.47. The molecule has 1 saturated heterocycles. The maximum Gasteiger partial charge on any atom is 0.336 e. The Morgan fingerprint density at radius 1 is 1.12 bits per heavy atom. The van der Waals surface area contributed by atoms with Crippen LogP contribution in [-0.4, -0.2) is 28.9 Å². The molecule has 16 heavy (non-hydrogen) atoms. The second-order valence-electron chi connectivity index (χ2n) is 3.62. The van der Waals surface area contributed by atoms with Gasteiger partial charge in [0.05, 0.1) is 5.69 Å². The van der Waals surface area contributed by atoms with E-state index in [1.807, 2.05) is 19.1 Å². The summed E-state index contributed by atoms with van der Waals surface area (Å²) in [5.41, 5.74) is 1.62. The number of thiocarbonyl (C=S) groups is 1. The molecule has 1 aliphatic heterocycles. The van der Waals surface area contributed by atoms with Crippen LogP contribution in [0.3, 0.4) is 0 Å². The van der Waals surface area contributed by atoms with E-state index in [4.69, 9.17) is 12.2 Å². The predicted molar refractivity (Wildman–Crippen MR) is 64.4 cm³/mol. The topological polar surface area (TPSA) is 40.6 Å². The molecule has 3 amide bonds. The van der Waals surface area contributed by atoms with E-state index < -0.39 is 11.9 Å². The summed E-state index contributed by atoms with van der Waals surface area (Å²) in [7, 11) is 1.50. The molecular formula is C11H10N2O2S. The van der Waals surface area contributed by atoms with Crippen molar-refractivity contribution in [3.63, 3.8) is 0 Å². The number of hydrogen-bond donors (Lipinski definition) is 0. The van der Waals surface area contributed by atoms with Crippen LogP contribution in [-0.2, 0) is 4.79 Å². The van der Waals surface area contributed by atoms with Crippen molar-refractivity contribution in [1.29, 1.82) is 0 Å². The Morgan fingerprint density at radius 3 is 2.12 bits per heavy atom. The summed E-state index contributed by atoms with van der Waals surface area (Å²) in [6.45, 7) is 1.94. The highest BCUT2D eigenvalue weighted by molar-refractivity contribution is 7.82. The fraction of sp³-hybridized carbons (Fsp3) is 0.182. The molecule has 0 saturated carbocycles. The molecule has 1 fully saturated rings. The molecular weight excluding hydrogens is 224 g/mol. The van der Waals surface area contributed by atoms with Gasteiger partial charge in [-0.3, -0.25) is 9.69 Å². The number of carbonyl (C=O) groups excluding carboxylic acids is 2. The fourth-order valence-electron chi connectivity index (χ4n) is 1.48. The summed E-state index contributed by atoms with van der Waals surface area (Å²) in [5.74, 6) is -0.439. The van der Waals surface area contributed by atoms with E-state index in [0.29, 0.717) is 5.69 Å². The zero-order valence-corrected chi connectivity index (χ0v) is 9.75. The van der Waals surface area contributed by atoms with E-state index in [-0.39, 0.29) is 4.99 Å². The first-order valence-corrected chi connectivity index (χ1v) is 5.16. The summed E-state index contributed by atoms with van der Waals surface area (Å²) in [5, 5.41) is 0. The van der Waals surface area contributed by atoms with Crippen LogP contribution in [0.4, 0.5) is 10.5 Å². The summed E-state index contributed by atoms with van der Waals surface area (Å²) in [4.78, 5) is 25.8. The standard InChI is InChI=1S/C11H10N2O2S/c1-7-3-5-8(6-4-7)13-9(14)10(16)12(2)11(13)15/h3-6H,1-2H3. The normalized spacial score (nSPS) is 16.2. The highest BCUT2D eigenvalue weighted by Crippen LogP contribution is 2.22. The SMILES string of the molecule is Cc1ccc(N2C(=O)C(=S)N(C)C2=O)cc1. The van der Waals surface area contributed by atoms with Crippen molar-refractivity contribution < 1.29 is 9.59 Å². The van der Waals surface area contributed by atoms with Gasteiger partial charge in [0, 0.05) is 7.05 Å². The fourth-order valence-corrected chi connectivity index (χ4v) is 1.65. The van der Waals surface area contributed by atoms with E-state index in [1.54, 1.807) is 12.1 Å². The van der Waals surface area contributed by atoms with Gasteiger partial charge >= 0.3 is 6.03 Å². The Labute approximate surface area is 98.5 Å². The second kappa shape index (κ2) is 3.68. The number of urea groups is 1. The zero-order valence-electron chi connectivity index (χ0n) is 8.93. The van der Waals surface area contributed by atoms with Crippen molar-refractivity contribution in [2.75, 3.05) is 11.9 Å². The average molecular weight is 234 g/mol. The molecule has 0 radical (unpaired) electrons. The maximum atomic E-state index is 11.8. The number of amides is 3. The summed E-state index contributed by atoms with van der Waals surface area (Å²) >= 11 is 4.86. The van der Waals surface area contributed by atoms with Crippen molar-refractivity contribution in [2.24, 2.45) is 0 Å². The molecule has 4 nitrogen and oxygen atoms in total. The lowest BCUT2D eigenvalue weighted by molar-refractivity contribution is -0.111. The number of benzene rings is 1. The first-order valence-electron chi connectivity index (χ1n) is 4.75. The molecule has 0 aliphatic carbocycles. The van der Waals surface area contributed by atoms with Gasteiger partial charge in [-0.25, -0.2) is 9.69 Å². The lowest BCUT2D eigenvalue weighted by atomic mass is 10.2. The third-order valence-corrected chi connectivity index (χ3v) is 2.91. The van der Waals surface area contributed by atoms with Crippen LogP contribution >= 0.6 is 12.2 Å². The Balaban J connectivity index is 2.42. The highest BCUT2D eigenvalue weighted by atomic mass is 32.1. The van der Waals surface area contributed by atoms with Gasteiger partial charge in [0.25, 0.3) is 5.91 Å². The smallest absolute Gasteiger partial charge is 0.283 e. The van der Waals surface area contributed by atoms with Crippen molar-refractivity contribution in [3.8, 4) is 0 Å². The third-order valence-electron chi connectivity index (χ3n) is 2.46. The lowest BCUT2D eigenvalue weighted by Gasteiger charge is -2.13. The minimum Gasteiger partial charge on any atom is -0.283 e. The van der Waals surface area contributed by atoms with E-state index in [1.165, 1.54) is 11.9 Å². The number of nitrogens with zero attached hydrogens (tertiary/aromatic N) is 2. The monoisotopic (exact) mass is 234 g/mol. The molecule has 2 rings (SSSR count). The third kappa shape index (κ3) is 1.49. The van der Waals surface area contributed by atoms with Crippen LogP contribution in [0.25, 0.3) is 0 Å². The molecule has 82 valence electrons. The van der Waals surface area contributed by atoms with E-state index in [9.17, 15) is 9.59 Å². The molecule has 0 N–H and O–H groups in total. The van der Waals surface area contributed by atoms with Gasteiger partial charge in [0.15, 0.2) is 4.99 Å². The number of hydrogen-bond acceptors (Lipinski definition) is 3. The van der Waals surface area contributed by atoms with E-state index in [2.05, 4.69) is 0 Å². The Morgan fingerprint density at radius 2 is 1.69 bits per heavy atom. The van der Waals surface area contributed by atoms with Crippen LogP contribution in [0.1, 0.15) is 5.56 Å². The van der Waals surface area contributed by atoms with Crippen molar-refractivity contribution in [2.45, 2.75) is 6.92 Å². The molecule has 0 atom stereocenters. The minimum absolute atomic E-state index is 0.0329. The average Bonchev–Trinajstić information content (AvgIpc) is 2.46. The first kappa shape index (κ1) is 10.8. The van der Waals surface area contributed by atoms with Crippen molar-refractivity contribution in [1.82, 2.24) is 4.90 Å². The predicted octanol–water partition coefficient (Wildman–Crippen LogP) is 1.72. The Bertz CT molecular complexity index is 481. The highest BCUT2D eigenvalue weighted by Gasteiger charge is 2.39. The summed E-state index contributed by atoms with van der Waals surface area (Å²) in [6, 6.07) is 6.74. The molecule has 0 aromatic heterocycles. The van der Waals surface area contributed by atoms with E-state index in [0.717, 1.165) is 10.5 Å². The van der Waals surface area contributed by atoms with Gasteiger partial charge in [-0.15, -0.1) is 0 Å². The molecule has 1 aromatic rings. The van der Waals surface area contributed by atoms with Gasteiger partial charge in [0.2, 0.25) is 0 Å². The molecule has 0 spiro atoms.